The number of allylic oxidation sites excluding steroid dienone is 1. The van der Waals surface area contributed by atoms with Gasteiger partial charge in [0, 0.05) is 32.6 Å². The van der Waals surface area contributed by atoms with E-state index in [-0.39, 0.29) is 0 Å². The van der Waals surface area contributed by atoms with Gasteiger partial charge in [-0.25, -0.2) is 0 Å². The molecule has 20 heavy (non-hydrogen) atoms. The smallest absolute Gasteiger partial charge is 0.191 e. The van der Waals surface area contributed by atoms with E-state index in [1.807, 2.05) is 13.0 Å². The van der Waals surface area contributed by atoms with Gasteiger partial charge in [0.15, 0.2) is 5.96 Å². The second-order valence-electron chi connectivity index (χ2n) is 4.34. The molecular weight excluding hydrogens is 252 g/mol. The average molecular weight is 278 g/mol. The fourth-order valence-electron chi connectivity index (χ4n) is 1.79. The normalized spacial score (nSPS) is 12.1. The molecule has 6 heteroatoms. The third-order valence-electron chi connectivity index (χ3n) is 2.80. The van der Waals surface area contributed by atoms with Crippen LogP contribution in [0.5, 0.6) is 0 Å². The maximum Gasteiger partial charge on any atom is 0.191 e. The summed E-state index contributed by atoms with van der Waals surface area (Å²) >= 11 is 0. The SMILES string of the molecule is C/C=C/CCN=C(NCC)NCCn1cnnc1CC. The number of aliphatic imine (C=N–C) groups is 1. The molecule has 0 bridgehead atoms. The van der Waals surface area contributed by atoms with Gasteiger partial charge < -0.3 is 15.2 Å². The van der Waals surface area contributed by atoms with Gasteiger partial charge >= 0.3 is 0 Å². The summed E-state index contributed by atoms with van der Waals surface area (Å²) in [7, 11) is 0. The van der Waals surface area contributed by atoms with Crippen molar-refractivity contribution in [1.29, 1.82) is 0 Å². The second kappa shape index (κ2) is 10.00. The van der Waals surface area contributed by atoms with Crippen molar-refractivity contribution in [2.24, 2.45) is 4.99 Å². The van der Waals surface area contributed by atoms with Crippen LogP contribution in [0, 0.1) is 0 Å². The predicted octanol–water partition coefficient (Wildman–Crippen LogP) is 1.36. The molecule has 0 aliphatic heterocycles. The topological polar surface area (TPSA) is 67.1 Å². The number of nitrogens with one attached hydrogen (secondary N) is 2. The third kappa shape index (κ3) is 5.86. The first kappa shape index (κ1) is 16.2. The predicted molar refractivity (Wildman–Crippen MR) is 82.8 cm³/mol. The van der Waals surface area contributed by atoms with Crippen LogP contribution in [0.1, 0.15) is 33.0 Å². The Balaban J connectivity index is 2.38. The molecule has 0 aliphatic carbocycles. The Morgan fingerprint density at radius 1 is 1.40 bits per heavy atom. The van der Waals surface area contributed by atoms with Crippen LogP contribution >= 0.6 is 0 Å². The molecule has 0 amide bonds. The van der Waals surface area contributed by atoms with E-state index in [1.54, 1.807) is 6.33 Å². The Hall–Kier alpha value is -1.85. The molecule has 112 valence electrons. The van der Waals surface area contributed by atoms with Gasteiger partial charge in [0.05, 0.1) is 0 Å². The highest BCUT2D eigenvalue weighted by Gasteiger charge is 2.01. The largest absolute Gasteiger partial charge is 0.357 e. The maximum atomic E-state index is 4.52. The zero-order valence-corrected chi connectivity index (χ0v) is 12.8. The molecule has 1 rings (SSSR count). The Labute approximate surface area is 121 Å². The van der Waals surface area contributed by atoms with Crippen LogP contribution in [0.2, 0.25) is 0 Å². The summed E-state index contributed by atoms with van der Waals surface area (Å²) in [6, 6.07) is 0. The first-order chi connectivity index (χ1) is 9.81. The maximum absolute atomic E-state index is 4.52. The molecule has 6 nitrogen and oxygen atoms in total. The van der Waals surface area contributed by atoms with Gasteiger partial charge in [0.1, 0.15) is 12.2 Å². The second-order valence-corrected chi connectivity index (χ2v) is 4.34. The number of hydrogen-bond acceptors (Lipinski definition) is 3. The summed E-state index contributed by atoms with van der Waals surface area (Å²) in [5.74, 6) is 1.88. The Morgan fingerprint density at radius 3 is 2.95 bits per heavy atom. The van der Waals surface area contributed by atoms with Gasteiger partial charge in [-0.05, 0) is 20.3 Å². The molecule has 1 aromatic heterocycles. The van der Waals surface area contributed by atoms with Crippen LogP contribution in [-0.4, -0.2) is 40.4 Å². The van der Waals surface area contributed by atoms with Gasteiger partial charge in [-0.1, -0.05) is 19.1 Å². The molecule has 0 aromatic carbocycles. The number of rotatable bonds is 8. The summed E-state index contributed by atoms with van der Waals surface area (Å²) in [6.07, 6.45) is 7.82. The standard InChI is InChI=1S/C14H26N6/c1-4-7-8-9-16-14(15-6-3)17-10-11-20-12-18-19-13(20)5-2/h4,7,12H,5-6,8-11H2,1-3H3,(H2,15,16,17)/b7-4+. The van der Waals surface area contributed by atoms with Crippen LogP contribution in [0.3, 0.4) is 0 Å². The molecule has 1 heterocycles. The minimum absolute atomic E-state index is 0.798. The lowest BCUT2D eigenvalue weighted by Gasteiger charge is -2.12. The van der Waals surface area contributed by atoms with E-state index in [0.29, 0.717) is 0 Å². The van der Waals surface area contributed by atoms with Crippen molar-refractivity contribution in [2.45, 2.75) is 40.2 Å². The molecule has 0 radical (unpaired) electrons. The lowest BCUT2D eigenvalue weighted by Crippen LogP contribution is -2.39. The first-order valence-corrected chi connectivity index (χ1v) is 7.31. The van der Waals surface area contributed by atoms with Crippen molar-refractivity contribution in [3.05, 3.63) is 24.3 Å². The van der Waals surface area contributed by atoms with Gasteiger partial charge in [-0.3, -0.25) is 4.99 Å². The van der Waals surface area contributed by atoms with E-state index in [9.17, 15) is 0 Å². The van der Waals surface area contributed by atoms with Gasteiger partial charge in [0.2, 0.25) is 0 Å². The Bertz CT molecular complexity index is 421. The summed E-state index contributed by atoms with van der Waals surface area (Å²) in [5, 5.41) is 14.6. The molecular formula is C14H26N6. The quantitative estimate of drug-likeness (QED) is 0.326. The van der Waals surface area contributed by atoms with Crippen LogP contribution in [0.15, 0.2) is 23.5 Å². The zero-order chi connectivity index (χ0) is 14.6. The van der Waals surface area contributed by atoms with Gasteiger partial charge in [-0.15, -0.1) is 10.2 Å². The number of hydrogen-bond donors (Lipinski definition) is 2. The molecule has 0 fully saturated rings. The van der Waals surface area contributed by atoms with Gasteiger partial charge in [0.25, 0.3) is 0 Å². The molecule has 2 N–H and O–H groups in total. The fraction of sp³-hybridized carbons (Fsp3) is 0.643. The minimum atomic E-state index is 0.798. The summed E-state index contributed by atoms with van der Waals surface area (Å²) in [6.45, 7) is 9.49. The van der Waals surface area contributed by atoms with Crippen LogP contribution in [-0.2, 0) is 13.0 Å². The van der Waals surface area contributed by atoms with E-state index in [4.69, 9.17) is 0 Å². The molecule has 0 saturated carbocycles. The van der Waals surface area contributed by atoms with E-state index >= 15 is 0 Å². The van der Waals surface area contributed by atoms with E-state index in [0.717, 1.165) is 50.8 Å². The van der Waals surface area contributed by atoms with Crippen LogP contribution in [0.25, 0.3) is 0 Å². The van der Waals surface area contributed by atoms with Crippen molar-refractivity contribution in [2.75, 3.05) is 19.6 Å². The molecule has 0 aliphatic rings. The molecule has 0 atom stereocenters. The number of aryl methyl sites for hydroxylation is 1. The molecule has 0 saturated heterocycles. The highest BCUT2D eigenvalue weighted by Crippen LogP contribution is 1.94. The lowest BCUT2D eigenvalue weighted by atomic mass is 10.4. The highest BCUT2D eigenvalue weighted by molar-refractivity contribution is 5.79. The molecule has 1 aromatic rings. The monoisotopic (exact) mass is 278 g/mol. The van der Waals surface area contributed by atoms with Crippen LogP contribution in [0.4, 0.5) is 0 Å². The number of aromatic nitrogens is 3. The van der Waals surface area contributed by atoms with E-state index in [2.05, 4.69) is 50.3 Å². The highest BCUT2D eigenvalue weighted by atomic mass is 15.3. The summed E-state index contributed by atoms with van der Waals surface area (Å²) in [4.78, 5) is 4.52. The molecule has 0 spiro atoms. The van der Waals surface area contributed by atoms with Crippen molar-refractivity contribution < 1.29 is 0 Å². The number of nitrogens with zero attached hydrogens (tertiary/aromatic N) is 4. The minimum Gasteiger partial charge on any atom is -0.357 e. The van der Waals surface area contributed by atoms with Crippen molar-refractivity contribution in [3.8, 4) is 0 Å². The fourth-order valence-corrected chi connectivity index (χ4v) is 1.79. The summed E-state index contributed by atoms with van der Waals surface area (Å²) < 4.78 is 2.07. The van der Waals surface area contributed by atoms with Crippen LogP contribution < -0.4 is 10.6 Å². The number of guanidine groups is 1. The molecule has 0 unspecified atom stereocenters. The Morgan fingerprint density at radius 2 is 2.25 bits per heavy atom. The zero-order valence-electron chi connectivity index (χ0n) is 12.8. The van der Waals surface area contributed by atoms with Crippen molar-refractivity contribution >= 4 is 5.96 Å². The van der Waals surface area contributed by atoms with Gasteiger partial charge in [-0.2, -0.15) is 0 Å². The van der Waals surface area contributed by atoms with E-state index in [1.165, 1.54) is 0 Å². The third-order valence-corrected chi connectivity index (χ3v) is 2.80. The van der Waals surface area contributed by atoms with E-state index < -0.39 is 0 Å². The lowest BCUT2D eigenvalue weighted by molar-refractivity contribution is 0.633. The average Bonchev–Trinajstić information content (AvgIpc) is 2.91. The summed E-state index contributed by atoms with van der Waals surface area (Å²) in [5.41, 5.74) is 0. The Kier molecular flexibility index (Phi) is 8.10. The van der Waals surface area contributed by atoms with Crippen molar-refractivity contribution in [1.82, 2.24) is 25.4 Å². The first-order valence-electron chi connectivity index (χ1n) is 7.31. The van der Waals surface area contributed by atoms with Crippen molar-refractivity contribution in [3.63, 3.8) is 0 Å².